The fourth-order valence-electron chi connectivity index (χ4n) is 4.00. The summed E-state index contributed by atoms with van der Waals surface area (Å²) in [5.41, 5.74) is 3.48. The van der Waals surface area contributed by atoms with E-state index in [4.69, 9.17) is 14.2 Å². The number of hydrogen-bond acceptors (Lipinski definition) is 8. The van der Waals surface area contributed by atoms with Crippen LogP contribution in [0.25, 0.3) is 11.3 Å². The van der Waals surface area contributed by atoms with Gasteiger partial charge in [-0.05, 0) is 57.1 Å². The molecule has 4 rings (SSSR count). The number of hydrogen-bond donors (Lipinski definition) is 1. The molecule has 8 heteroatoms. The molecule has 0 spiro atoms. The van der Waals surface area contributed by atoms with Crippen LogP contribution in [0.15, 0.2) is 71.6 Å². The third kappa shape index (κ3) is 7.86. The molecule has 4 bridgehead atoms. The molecule has 0 saturated carbocycles. The van der Waals surface area contributed by atoms with Crippen molar-refractivity contribution in [1.29, 1.82) is 0 Å². The smallest absolute Gasteiger partial charge is 0.227 e. The minimum Gasteiger partial charge on any atom is -0.492 e. The average Bonchev–Trinajstić information content (AvgIpc) is 3.55. The van der Waals surface area contributed by atoms with Gasteiger partial charge in [0.05, 0.1) is 32.1 Å². The van der Waals surface area contributed by atoms with E-state index >= 15 is 0 Å². The van der Waals surface area contributed by atoms with Gasteiger partial charge in [0.2, 0.25) is 5.95 Å². The molecule has 0 aliphatic carbocycles. The first-order valence-corrected chi connectivity index (χ1v) is 13.0. The molecule has 0 unspecified atom stereocenters. The molecule has 0 aromatic carbocycles. The largest absolute Gasteiger partial charge is 0.492 e. The fraction of sp³-hybridized carbons (Fsp3) is 0.407. The van der Waals surface area contributed by atoms with Crippen molar-refractivity contribution >= 4 is 17.3 Å². The van der Waals surface area contributed by atoms with E-state index in [0.717, 1.165) is 47.1 Å². The number of aromatic nitrogens is 2. The van der Waals surface area contributed by atoms with Gasteiger partial charge in [-0.15, -0.1) is 11.3 Å². The lowest BCUT2D eigenvalue weighted by molar-refractivity contribution is 0.146. The number of anilines is 1. The predicted molar refractivity (Wildman–Crippen MR) is 141 cm³/mol. The Labute approximate surface area is 211 Å². The highest BCUT2D eigenvalue weighted by atomic mass is 32.1. The van der Waals surface area contributed by atoms with E-state index in [2.05, 4.69) is 38.2 Å². The third-order valence-electron chi connectivity index (χ3n) is 5.77. The summed E-state index contributed by atoms with van der Waals surface area (Å²) < 4.78 is 17.9. The van der Waals surface area contributed by atoms with Gasteiger partial charge in [0.25, 0.3) is 0 Å². The second-order valence-electron chi connectivity index (χ2n) is 8.44. The molecule has 0 radical (unpaired) electrons. The summed E-state index contributed by atoms with van der Waals surface area (Å²) in [6, 6.07) is 4.01. The molecule has 1 saturated heterocycles. The van der Waals surface area contributed by atoms with E-state index < -0.39 is 0 Å². The molecule has 35 heavy (non-hydrogen) atoms. The zero-order chi connectivity index (χ0) is 24.3. The highest BCUT2D eigenvalue weighted by molar-refractivity contribution is 7.10. The van der Waals surface area contributed by atoms with Crippen LogP contribution >= 0.6 is 11.3 Å². The van der Waals surface area contributed by atoms with Crippen molar-refractivity contribution < 1.29 is 14.2 Å². The minimum atomic E-state index is 0.395. The third-order valence-corrected chi connectivity index (χ3v) is 6.68. The molecule has 186 valence electrons. The van der Waals surface area contributed by atoms with E-state index in [-0.39, 0.29) is 0 Å². The number of nitrogens with zero attached hydrogens (tertiary/aromatic N) is 3. The number of nitrogens with one attached hydrogen (secondary N) is 1. The van der Waals surface area contributed by atoms with E-state index in [9.17, 15) is 0 Å². The van der Waals surface area contributed by atoms with Gasteiger partial charge in [-0.1, -0.05) is 18.7 Å². The van der Waals surface area contributed by atoms with Gasteiger partial charge >= 0.3 is 0 Å². The summed E-state index contributed by atoms with van der Waals surface area (Å²) in [7, 11) is 0. The zero-order valence-electron chi connectivity index (χ0n) is 20.4. The Balaban J connectivity index is 1.50. The fourth-order valence-corrected chi connectivity index (χ4v) is 4.81. The van der Waals surface area contributed by atoms with Gasteiger partial charge in [-0.25, -0.2) is 9.97 Å². The van der Waals surface area contributed by atoms with Gasteiger partial charge in [0.1, 0.15) is 12.4 Å². The summed E-state index contributed by atoms with van der Waals surface area (Å²) in [4.78, 5) is 12.6. The molecule has 2 aromatic rings. The van der Waals surface area contributed by atoms with Crippen LogP contribution in [0, 0.1) is 0 Å². The van der Waals surface area contributed by atoms with Crippen LogP contribution in [0.3, 0.4) is 0 Å². The van der Waals surface area contributed by atoms with Crippen LogP contribution in [0.1, 0.15) is 24.6 Å². The van der Waals surface area contributed by atoms with Crippen molar-refractivity contribution in [2.45, 2.75) is 26.4 Å². The molecule has 1 N–H and O–H groups in total. The highest BCUT2D eigenvalue weighted by Gasteiger charge is 2.13. The van der Waals surface area contributed by atoms with Crippen LogP contribution in [0.2, 0.25) is 0 Å². The molecule has 1 fully saturated rings. The number of allylic oxidation sites excluding steroid dienone is 2. The maximum absolute atomic E-state index is 6.17. The first-order chi connectivity index (χ1) is 17.2. The summed E-state index contributed by atoms with van der Waals surface area (Å²) >= 11 is 1.66. The van der Waals surface area contributed by atoms with Crippen LogP contribution in [-0.2, 0) is 20.8 Å². The number of fused-ring (bicyclic) bond motifs is 5. The van der Waals surface area contributed by atoms with E-state index in [1.165, 1.54) is 12.8 Å². The Hall–Kier alpha value is -2.78. The Morgan fingerprint density at radius 1 is 1.23 bits per heavy atom. The number of likely N-dealkylation sites (tertiary alicyclic amines) is 1. The highest BCUT2D eigenvalue weighted by Crippen LogP contribution is 2.25. The molecule has 2 aromatic heterocycles. The van der Waals surface area contributed by atoms with Gasteiger partial charge in [-0.2, -0.15) is 0 Å². The van der Waals surface area contributed by atoms with Crippen LogP contribution in [0.4, 0.5) is 5.95 Å². The summed E-state index contributed by atoms with van der Waals surface area (Å²) in [6.45, 7) is 12.0. The molecule has 2 aliphatic rings. The van der Waals surface area contributed by atoms with Crippen LogP contribution in [0.5, 0.6) is 0 Å². The lowest BCUT2D eigenvalue weighted by Crippen LogP contribution is -2.24. The standard InChI is InChI=1S/C27H34N4O3S/c1-3-26(34-15-12-31-10-4-5-11-31)22-16-21(2)29-27-28-9-8-25(30-27)23-17-24(35-20-23)19-33-14-7-6-13-32-18-22/h3,6-9,16-17,20H,2,4-5,10-15,18-19H2,1H3,(H,28,29,30)/b7-6+,22-16-,26-3+. The lowest BCUT2D eigenvalue weighted by atomic mass is 10.2. The second-order valence-corrected chi connectivity index (χ2v) is 9.43. The predicted octanol–water partition coefficient (Wildman–Crippen LogP) is 5.18. The van der Waals surface area contributed by atoms with Crippen molar-refractivity contribution in [3.8, 4) is 11.3 Å². The van der Waals surface area contributed by atoms with Gasteiger partial charge in [0, 0.05) is 39.8 Å². The van der Waals surface area contributed by atoms with Gasteiger partial charge < -0.3 is 19.5 Å². The Bertz CT molecular complexity index is 1070. The quantitative estimate of drug-likeness (QED) is 0.454. The number of thiophene rings is 1. The summed E-state index contributed by atoms with van der Waals surface area (Å²) in [5, 5.41) is 5.31. The maximum Gasteiger partial charge on any atom is 0.227 e. The topological polar surface area (TPSA) is 68.7 Å². The normalized spacial score (nSPS) is 20.9. The van der Waals surface area contributed by atoms with Crippen LogP contribution in [-0.4, -0.2) is 60.9 Å². The monoisotopic (exact) mass is 494 g/mol. The lowest BCUT2D eigenvalue weighted by Gasteiger charge is -2.18. The van der Waals surface area contributed by atoms with Crippen molar-refractivity contribution in [2.24, 2.45) is 0 Å². The van der Waals surface area contributed by atoms with Crippen molar-refractivity contribution in [1.82, 2.24) is 14.9 Å². The molecular weight excluding hydrogens is 460 g/mol. The first kappa shape index (κ1) is 25.3. The maximum atomic E-state index is 6.17. The van der Waals surface area contributed by atoms with E-state index in [0.29, 0.717) is 44.7 Å². The summed E-state index contributed by atoms with van der Waals surface area (Å²) in [5.74, 6) is 1.29. The van der Waals surface area contributed by atoms with Gasteiger partial charge in [0.15, 0.2) is 0 Å². The van der Waals surface area contributed by atoms with Crippen molar-refractivity contribution in [3.05, 3.63) is 76.5 Å². The van der Waals surface area contributed by atoms with E-state index in [1.807, 2.05) is 37.3 Å². The Morgan fingerprint density at radius 2 is 2.03 bits per heavy atom. The number of ether oxygens (including phenoxy) is 3. The first-order valence-electron chi connectivity index (χ1n) is 12.1. The molecule has 2 aliphatic heterocycles. The number of rotatable bonds is 5. The SMILES string of the molecule is C=C1/C=C(\C(=C/C)OCCN2CCCC2)COC/C=C/COCc2cc(cs2)-c2ccnc(n2)N1. The summed E-state index contributed by atoms with van der Waals surface area (Å²) in [6.07, 6.45) is 12.2. The van der Waals surface area contributed by atoms with Crippen molar-refractivity contribution in [3.63, 3.8) is 0 Å². The molecular formula is C27H34N4O3S. The zero-order valence-corrected chi connectivity index (χ0v) is 21.2. The Kier molecular flexibility index (Phi) is 9.65. The second kappa shape index (κ2) is 13.3. The van der Waals surface area contributed by atoms with E-state index in [1.54, 1.807) is 17.5 Å². The molecule has 0 atom stereocenters. The van der Waals surface area contributed by atoms with Crippen LogP contribution < -0.4 is 5.32 Å². The minimum absolute atomic E-state index is 0.395. The van der Waals surface area contributed by atoms with Gasteiger partial charge in [-0.3, -0.25) is 4.90 Å². The average molecular weight is 495 g/mol. The molecule has 4 heterocycles. The van der Waals surface area contributed by atoms with Crippen molar-refractivity contribution in [2.75, 3.05) is 51.4 Å². The molecule has 7 nitrogen and oxygen atoms in total. The molecule has 0 amide bonds. The Morgan fingerprint density at radius 3 is 2.83 bits per heavy atom.